The minimum absolute atomic E-state index is 0.0178. The molecule has 6 heteroatoms. The van der Waals surface area contributed by atoms with E-state index < -0.39 is 6.10 Å². The lowest BCUT2D eigenvalue weighted by molar-refractivity contribution is -0.121. The summed E-state index contributed by atoms with van der Waals surface area (Å²) in [5.41, 5.74) is -0.222. The van der Waals surface area contributed by atoms with E-state index in [1.54, 1.807) is 12.3 Å². The zero-order valence-corrected chi connectivity index (χ0v) is 12.7. The molecule has 1 heterocycles. The summed E-state index contributed by atoms with van der Waals surface area (Å²) >= 11 is 3.25. The molecule has 0 aliphatic rings. The Labute approximate surface area is 120 Å². The molecule has 2 N–H and O–H groups in total. The van der Waals surface area contributed by atoms with Gasteiger partial charge in [-0.25, -0.2) is 0 Å². The number of amides is 1. The molecule has 0 aliphatic carbocycles. The van der Waals surface area contributed by atoms with Crippen LogP contribution in [0, 0.1) is 5.92 Å². The van der Waals surface area contributed by atoms with Crippen LogP contribution in [-0.2, 0) is 11.3 Å². The third kappa shape index (κ3) is 5.57. The third-order valence-electron chi connectivity index (χ3n) is 2.79. The quantitative estimate of drug-likeness (QED) is 0.821. The van der Waals surface area contributed by atoms with Crippen LogP contribution in [-0.4, -0.2) is 28.2 Å². The molecule has 0 saturated carbocycles. The molecule has 0 saturated heterocycles. The highest BCUT2D eigenvalue weighted by atomic mass is 79.9. The van der Waals surface area contributed by atoms with Gasteiger partial charge in [-0.05, 0) is 34.3 Å². The van der Waals surface area contributed by atoms with Crippen LogP contribution in [0.25, 0.3) is 0 Å². The van der Waals surface area contributed by atoms with Gasteiger partial charge in [0.1, 0.15) is 6.54 Å². The number of aromatic nitrogens is 1. The molecular formula is C13H19BrN2O3. The molecule has 0 fully saturated rings. The molecule has 106 valence electrons. The van der Waals surface area contributed by atoms with Gasteiger partial charge in [-0.1, -0.05) is 13.8 Å². The molecule has 1 amide bonds. The second kappa shape index (κ2) is 7.45. The third-order valence-corrected chi connectivity index (χ3v) is 3.26. The van der Waals surface area contributed by atoms with Crippen LogP contribution in [0.15, 0.2) is 27.6 Å². The van der Waals surface area contributed by atoms with E-state index >= 15 is 0 Å². The highest BCUT2D eigenvalue weighted by Gasteiger charge is 2.10. The highest BCUT2D eigenvalue weighted by molar-refractivity contribution is 9.10. The molecule has 1 rings (SSSR count). The molecule has 0 bridgehead atoms. The van der Waals surface area contributed by atoms with Crippen molar-refractivity contribution < 1.29 is 9.90 Å². The van der Waals surface area contributed by atoms with Crippen LogP contribution in [0.2, 0.25) is 0 Å². The van der Waals surface area contributed by atoms with Gasteiger partial charge in [0.25, 0.3) is 5.56 Å². The molecule has 0 radical (unpaired) electrons. The van der Waals surface area contributed by atoms with Crippen LogP contribution < -0.4 is 10.9 Å². The van der Waals surface area contributed by atoms with Gasteiger partial charge in [0, 0.05) is 23.3 Å². The first-order valence-corrected chi connectivity index (χ1v) is 7.00. The van der Waals surface area contributed by atoms with Crippen molar-refractivity contribution in [3.8, 4) is 0 Å². The Balaban J connectivity index is 2.43. The van der Waals surface area contributed by atoms with Gasteiger partial charge in [0.05, 0.1) is 6.10 Å². The molecule has 1 aromatic heterocycles. The maximum absolute atomic E-state index is 11.7. The van der Waals surface area contributed by atoms with E-state index in [9.17, 15) is 14.7 Å². The van der Waals surface area contributed by atoms with Crippen LogP contribution in [0.1, 0.15) is 20.3 Å². The van der Waals surface area contributed by atoms with Crippen LogP contribution in [0.3, 0.4) is 0 Å². The summed E-state index contributed by atoms with van der Waals surface area (Å²) in [5.74, 6) is -0.0687. The van der Waals surface area contributed by atoms with E-state index in [0.717, 1.165) is 4.47 Å². The number of nitrogens with one attached hydrogen (secondary N) is 1. The number of hydrogen-bond acceptors (Lipinski definition) is 3. The smallest absolute Gasteiger partial charge is 0.251 e. The van der Waals surface area contributed by atoms with Crippen molar-refractivity contribution >= 4 is 21.8 Å². The summed E-state index contributed by atoms with van der Waals surface area (Å²) in [4.78, 5) is 23.2. The number of rotatable bonds is 6. The van der Waals surface area contributed by atoms with Gasteiger partial charge in [-0.3, -0.25) is 9.59 Å². The molecule has 1 atom stereocenters. The fourth-order valence-corrected chi connectivity index (χ4v) is 1.91. The monoisotopic (exact) mass is 330 g/mol. The minimum atomic E-state index is -0.422. The zero-order valence-electron chi connectivity index (χ0n) is 11.1. The van der Waals surface area contributed by atoms with Crippen LogP contribution in [0.4, 0.5) is 0 Å². The Morgan fingerprint density at radius 1 is 1.47 bits per heavy atom. The molecular weight excluding hydrogens is 312 g/mol. The Bertz CT molecular complexity index is 485. The molecule has 1 aromatic rings. The van der Waals surface area contributed by atoms with E-state index in [4.69, 9.17) is 0 Å². The van der Waals surface area contributed by atoms with Crippen LogP contribution >= 0.6 is 15.9 Å². The Kier molecular flexibility index (Phi) is 6.24. The highest BCUT2D eigenvalue weighted by Crippen LogP contribution is 2.05. The first kappa shape index (κ1) is 15.9. The summed E-state index contributed by atoms with van der Waals surface area (Å²) < 4.78 is 2.08. The number of aliphatic hydroxyl groups is 1. The summed E-state index contributed by atoms with van der Waals surface area (Å²) in [7, 11) is 0. The zero-order chi connectivity index (χ0) is 14.4. The van der Waals surface area contributed by atoms with Gasteiger partial charge >= 0.3 is 0 Å². The predicted octanol–water partition coefficient (Wildman–Crippen LogP) is 1.13. The number of hydrogen-bond donors (Lipinski definition) is 2. The van der Waals surface area contributed by atoms with E-state index in [-0.39, 0.29) is 23.9 Å². The van der Waals surface area contributed by atoms with E-state index in [0.29, 0.717) is 13.0 Å². The van der Waals surface area contributed by atoms with Gasteiger partial charge < -0.3 is 15.0 Å². The molecule has 5 nitrogen and oxygen atoms in total. The predicted molar refractivity (Wildman–Crippen MR) is 76.9 cm³/mol. The van der Waals surface area contributed by atoms with Crippen molar-refractivity contribution in [1.29, 1.82) is 0 Å². The molecule has 0 spiro atoms. The van der Waals surface area contributed by atoms with Crippen LogP contribution in [0.5, 0.6) is 0 Å². The Morgan fingerprint density at radius 2 is 2.16 bits per heavy atom. The lowest BCUT2D eigenvalue weighted by Gasteiger charge is -2.14. The SMILES string of the molecule is CC(C)C(O)CCNC(=O)Cn1cc(Br)ccc1=O. The second-order valence-corrected chi connectivity index (χ2v) is 5.68. The summed E-state index contributed by atoms with van der Waals surface area (Å²) in [6.45, 7) is 4.23. The molecule has 1 unspecified atom stereocenters. The first-order valence-electron chi connectivity index (χ1n) is 6.21. The standard InChI is InChI=1S/C13H19BrN2O3/c1-9(2)11(17)5-6-15-12(18)8-16-7-10(14)3-4-13(16)19/h3-4,7,9,11,17H,5-6,8H2,1-2H3,(H,15,18). The van der Waals surface area contributed by atoms with Crippen molar-refractivity contribution in [2.75, 3.05) is 6.54 Å². The van der Waals surface area contributed by atoms with Gasteiger partial charge in [-0.2, -0.15) is 0 Å². The average Bonchev–Trinajstić information content (AvgIpc) is 2.33. The first-order chi connectivity index (χ1) is 8.90. The topological polar surface area (TPSA) is 71.3 Å². The van der Waals surface area contributed by atoms with Crippen molar-refractivity contribution in [1.82, 2.24) is 9.88 Å². The molecule has 19 heavy (non-hydrogen) atoms. The van der Waals surface area contributed by atoms with Gasteiger partial charge in [0.15, 0.2) is 0 Å². The molecule has 0 aromatic carbocycles. The maximum Gasteiger partial charge on any atom is 0.251 e. The van der Waals surface area contributed by atoms with E-state index in [2.05, 4.69) is 21.2 Å². The van der Waals surface area contributed by atoms with Crippen molar-refractivity contribution in [3.63, 3.8) is 0 Å². The van der Waals surface area contributed by atoms with Crippen molar-refractivity contribution in [3.05, 3.63) is 33.2 Å². The summed E-state index contributed by atoms with van der Waals surface area (Å²) in [6.07, 6.45) is 1.66. The normalized spacial score (nSPS) is 12.5. The van der Waals surface area contributed by atoms with E-state index in [1.807, 2.05) is 13.8 Å². The average molecular weight is 331 g/mol. The number of carbonyl (C=O) groups excluding carboxylic acids is 1. The fraction of sp³-hybridized carbons (Fsp3) is 0.538. The lowest BCUT2D eigenvalue weighted by atomic mass is 10.0. The number of halogens is 1. The summed E-state index contributed by atoms with van der Waals surface area (Å²) in [6, 6.07) is 3.04. The van der Waals surface area contributed by atoms with Gasteiger partial charge in [-0.15, -0.1) is 0 Å². The maximum atomic E-state index is 11.7. The number of carbonyl (C=O) groups is 1. The number of nitrogens with zero attached hydrogens (tertiary/aromatic N) is 1. The van der Waals surface area contributed by atoms with E-state index in [1.165, 1.54) is 10.6 Å². The Morgan fingerprint density at radius 3 is 2.79 bits per heavy atom. The van der Waals surface area contributed by atoms with Crippen molar-refractivity contribution in [2.24, 2.45) is 5.92 Å². The Hall–Kier alpha value is -1.14. The summed E-state index contributed by atoms with van der Waals surface area (Å²) in [5, 5.41) is 12.3. The largest absolute Gasteiger partial charge is 0.393 e. The van der Waals surface area contributed by atoms with Gasteiger partial charge in [0.2, 0.25) is 5.91 Å². The minimum Gasteiger partial charge on any atom is -0.393 e. The number of aliphatic hydroxyl groups excluding tert-OH is 1. The second-order valence-electron chi connectivity index (χ2n) is 4.76. The lowest BCUT2D eigenvalue weighted by Crippen LogP contribution is -2.34. The number of pyridine rings is 1. The fourth-order valence-electron chi connectivity index (χ4n) is 1.53. The molecule has 0 aliphatic heterocycles. The van der Waals surface area contributed by atoms with Crippen molar-refractivity contribution in [2.45, 2.75) is 32.9 Å².